The van der Waals surface area contributed by atoms with Crippen LogP contribution in [-0.2, 0) is 32.8 Å². The van der Waals surface area contributed by atoms with Gasteiger partial charge in [0, 0.05) is 39.1 Å². The molecule has 1 aliphatic heterocycles. The van der Waals surface area contributed by atoms with Crippen molar-refractivity contribution in [2.24, 2.45) is 0 Å². The summed E-state index contributed by atoms with van der Waals surface area (Å²) in [6.45, 7) is 9.30. The third-order valence-electron chi connectivity index (χ3n) is 11.1. The SMILES string of the molecule is C[Si](C)(C)CCOCOc1cc(COC2CN(C(=O)[O-])CCC2c2ccc(CCOC(c3ccccc3)(c3ccccc3)c3ccccc3)cc2)cc2ccccc12. The van der Waals surface area contributed by atoms with E-state index in [1.165, 1.54) is 4.90 Å². The molecule has 1 aliphatic rings. The van der Waals surface area contributed by atoms with Gasteiger partial charge in [0.05, 0.1) is 19.3 Å². The third-order valence-corrected chi connectivity index (χ3v) is 12.8. The van der Waals surface area contributed by atoms with E-state index in [2.05, 4.69) is 129 Å². The predicted octanol–water partition coefficient (Wildman–Crippen LogP) is 9.80. The van der Waals surface area contributed by atoms with Crippen molar-refractivity contribution < 1.29 is 28.8 Å². The summed E-state index contributed by atoms with van der Waals surface area (Å²) in [7, 11) is -1.20. The smallest absolute Gasteiger partial charge is 0.189 e. The van der Waals surface area contributed by atoms with Crippen molar-refractivity contribution in [2.45, 2.75) is 62.8 Å². The summed E-state index contributed by atoms with van der Waals surface area (Å²) in [5.74, 6) is 0.758. The minimum atomic E-state index is -1.20. The number of likely N-dealkylation sites (tertiary alicyclic amines) is 1. The van der Waals surface area contributed by atoms with E-state index in [9.17, 15) is 9.90 Å². The Morgan fingerprint density at radius 1 is 0.741 bits per heavy atom. The fourth-order valence-corrected chi connectivity index (χ4v) is 8.69. The van der Waals surface area contributed by atoms with E-state index in [1.54, 1.807) is 0 Å². The van der Waals surface area contributed by atoms with Gasteiger partial charge in [0.25, 0.3) is 0 Å². The molecule has 0 saturated carbocycles. The van der Waals surface area contributed by atoms with Crippen LogP contribution in [0.4, 0.5) is 4.79 Å². The Hall–Kier alpha value is -5.25. The first-order chi connectivity index (χ1) is 28.2. The van der Waals surface area contributed by atoms with E-state index in [4.69, 9.17) is 18.9 Å². The standard InChI is InChI=1S/C50H55NO6Si/c1-58(2,3)32-31-54-37-56-47-34-39(33-41-15-13-14-22-45(41)47)36-55-48-35-51(49(52)53)29-27-46(48)40-25-23-38(24-26-40)28-30-57-50(42-16-7-4-8-17-42,43-18-9-5-10-19-43)44-20-11-6-12-21-44/h4-26,33-34,46,48H,27-32,35-37H2,1-3H3,(H,52,53)/p-1. The summed E-state index contributed by atoms with van der Waals surface area (Å²) < 4.78 is 25.7. The van der Waals surface area contributed by atoms with Crippen LogP contribution in [0.3, 0.4) is 0 Å². The first-order valence-electron chi connectivity index (χ1n) is 20.4. The van der Waals surface area contributed by atoms with Gasteiger partial charge in [-0.05, 0) is 69.8 Å². The summed E-state index contributed by atoms with van der Waals surface area (Å²) in [6.07, 6.45) is -0.177. The van der Waals surface area contributed by atoms with E-state index in [-0.39, 0.29) is 25.4 Å². The van der Waals surface area contributed by atoms with Gasteiger partial charge in [-0.1, -0.05) is 159 Å². The van der Waals surface area contributed by atoms with Gasteiger partial charge < -0.3 is 33.7 Å². The number of carbonyl (C=O) groups excluding carboxylic acids is 1. The number of piperidine rings is 1. The lowest BCUT2D eigenvalue weighted by Gasteiger charge is -2.40. The lowest BCUT2D eigenvalue weighted by Crippen LogP contribution is -2.51. The van der Waals surface area contributed by atoms with Gasteiger partial charge in [-0.2, -0.15) is 0 Å². The zero-order chi connectivity index (χ0) is 40.4. The molecule has 0 bridgehead atoms. The van der Waals surface area contributed by atoms with Crippen molar-refractivity contribution >= 4 is 24.9 Å². The van der Waals surface area contributed by atoms with E-state index in [0.717, 1.165) is 55.9 Å². The molecule has 0 radical (unpaired) electrons. The lowest BCUT2D eigenvalue weighted by atomic mass is 9.80. The van der Waals surface area contributed by atoms with Gasteiger partial charge >= 0.3 is 0 Å². The maximum atomic E-state index is 12.0. The Balaban J connectivity index is 1.05. The number of carboxylic acid groups (broad SMARTS) is 1. The van der Waals surface area contributed by atoms with Gasteiger partial charge in [-0.15, -0.1) is 0 Å². The maximum absolute atomic E-state index is 12.0. The lowest BCUT2D eigenvalue weighted by molar-refractivity contribution is -0.268. The second-order valence-electron chi connectivity index (χ2n) is 16.4. The molecule has 1 amide bonds. The first-order valence-corrected chi connectivity index (χ1v) is 24.1. The number of benzene rings is 6. The molecule has 1 fully saturated rings. The minimum absolute atomic E-state index is 0.0127. The topological polar surface area (TPSA) is 80.3 Å². The Morgan fingerprint density at radius 3 is 1.95 bits per heavy atom. The molecule has 7 rings (SSSR count). The summed E-state index contributed by atoms with van der Waals surface area (Å²) >= 11 is 0. The highest BCUT2D eigenvalue weighted by Crippen LogP contribution is 2.41. The number of carbonyl (C=O) groups is 1. The number of hydrogen-bond donors (Lipinski definition) is 0. The highest BCUT2D eigenvalue weighted by atomic mass is 28.3. The largest absolute Gasteiger partial charge is 0.530 e. The fourth-order valence-electron chi connectivity index (χ4n) is 7.94. The summed E-state index contributed by atoms with van der Waals surface area (Å²) in [4.78, 5) is 13.4. The van der Waals surface area contributed by atoms with Crippen LogP contribution in [0.2, 0.25) is 25.7 Å². The minimum Gasteiger partial charge on any atom is -0.530 e. The van der Waals surface area contributed by atoms with Crippen molar-refractivity contribution in [2.75, 3.05) is 33.1 Å². The quantitative estimate of drug-likeness (QED) is 0.0396. The molecular weight excluding hydrogens is 739 g/mol. The fraction of sp³-hybridized carbons (Fsp3) is 0.300. The number of hydrogen-bond acceptors (Lipinski definition) is 6. The third kappa shape index (κ3) is 10.1. The van der Waals surface area contributed by atoms with Crippen LogP contribution in [0.15, 0.2) is 152 Å². The van der Waals surface area contributed by atoms with Crippen molar-refractivity contribution in [1.29, 1.82) is 0 Å². The molecular formula is C50H54NO6Si-. The summed E-state index contributed by atoms with van der Waals surface area (Å²) in [5, 5.41) is 14.1. The Kier molecular flexibility index (Phi) is 13.4. The molecule has 2 unspecified atom stereocenters. The monoisotopic (exact) mass is 792 g/mol. The molecule has 7 nitrogen and oxygen atoms in total. The Labute approximate surface area is 344 Å². The second-order valence-corrected chi connectivity index (χ2v) is 22.0. The van der Waals surface area contributed by atoms with Gasteiger partial charge in [0.2, 0.25) is 0 Å². The maximum Gasteiger partial charge on any atom is 0.189 e. The highest BCUT2D eigenvalue weighted by Gasteiger charge is 2.37. The molecule has 6 aromatic rings. The number of fused-ring (bicyclic) bond motifs is 1. The number of nitrogens with zero attached hydrogens (tertiary/aromatic N) is 1. The molecule has 1 saturated heterocycles. The van der Waals surface area contributed by atoms with E-state index < -0.39 is 19.8 Å². The molecule has 2 atom stereocenters. The van der Waals surface area contributed by atoms with Crippen LogP contribution in [0.25, 0.3) is 10.8 Å². The zero-order valence-corrected chi connectivity index (χ0v) is 34.8. The molecule has 0 N–H and O–H groups in total. The molecule has 8 heteroatoms. The molecule has 0 aliphatic carbocycles. The summed E-state index contributed by atoms with van der Waals surface area (Å²) in [5.41, 5.74) is 5.68. The Morgan fingerprint density at radius 2 is 1.34 bits per heavy atom. The van der Waals surface area contributed by atoms with Crippen LogP contribution in [0.1, 0.15) is 45.7 Å². The van der Waals surface area contributed by atoms with Gasteiger partial charge in [-0.3, -0.25) is 0 Å². The number of amides is 1. The molecule has 1 heterocycles. The van der Waals surface area contributed by atoms with Crippen molar-refractivity contribution in [3.63, 3.8) is 0 Å². The predicted molar refractivity (Wildman–Crippen MR) is 232 cm³/mol. The highest BCUT2D eigenvalue weighted by molar-refractivity contribution is 6.76. The van der Waals surface area contributed by atoms with Gasteiger partial charge in [-0.25, -0.2) is 0 Å². The van der Waals surface area contributed by atoms with Crippen LogP contribution >= 0.6 is 0 Å². The average molecular weight is 793 g/mol. The molecule has 0 spiro atoms. The molecule has 300 valence electrons. The van der Waals surface area contributed by atoms with Gasteiger partial charge in [0.1, 0.15) is 17.4 Å². The Bertz CT molecular complexity index is 2110. The van der Waals surface area contributed by atoms with Crippen LogP contribution in [0.5, 0.6) is 5.75 Å². The van der Waals surface area contributed by atoms with Crippen LogP contribution in [-0.4, -0.2) is 58.3 Å². The van der Waals surface area contributed by atoms with Crippen molar-refractivity contribution in [1.82, 2.24) is 4.90 Å². The molecule has 0 aromatic heterocycles. The second kappa shape index (κ2) is 19.0. The average Bonchev–Trinajstić information content (AvgIpc) is 3.25. The molecule has 58 heavy (non-hydrogen) atoms. The normalized spacial score (nSPS) is 16.0. The van der Waals surface area contributed by atoms with E-state index >= 15 is 0 Å². The van der Waals surface area contributed by atoms with E-state index in [0.29, 0.717) is 39.2 Å². The number of rotatable bonds is 17. The number of ether oxygens (including phenoxy) is 4. The van der Waals surface area contributed by atoms with Crippen molar-refractivity contribution in [3.8, 4) is 5.75 Å². The van der Waals surface area contributed by atoms with Crippen LogP contribution < -0.4 is 9.84 Å². The van der Waals surface area contributed by atoms with E-state index in [1.807, 2.05) is 42.5 Å². The van der Waals surface area contributed by atoms with Crippen LogP contribution in [0, 0.1) is 0 Å². The van der Waals surface area contributed by atoms with Crippen molar-refractivity contribution in [3.05, 3.63) is 185 Å². The molecule has 6 aromatic carbocycles. The zero-order valence-electron chi connectivity index (χ0n) is 33.8. The summed E-state index contributed by atoms with van der Waals surface area (Å²) in [6, 6.07) is 53.3. The van der Waals surface area contributed by atoms with Gasteiger partial charge in [0.15, 0.2) is 6.79 Å². The first kappa shape index (κ1) is 40.9.